The van der Waals surface area contributed by atoms with E-state index in [1.807, 2.05) is 0 Å². The molecule has 0 saturated carbocycles. The summed E-state index contributed by atoms with van der Waals surface area (Å²) in [4.78, 5) is 4.20. The van der Waals surface area contributed by atoms with Crippen LogP contribution in [0.2, 0.25) is 0 Å². The lowest BCUT2D eigenvalue weighted by atomic mass is 10.1. The van der Waals surface area contributed by atoms with Crippen molar-refractivity contribution in [2.75, 3.05) is 40.0 Å². The van der Waals surface area contributed by atoms with E-state index in [9.17, 15) is 0 Å². The zero-order valence-corrected chi connectivity index (χ0v) is 12.6. The van der Waals surface area contributed by atoms with E-state index in [2.05, 4.69) is 29.5 Å². The Morgan fingerprint density at radius 1 is 1.26 bits per heavy atom. The molecule has 2 N–H and O–H groups in total. The molecule has 0 aromatic rings. The maximum atomic E-state index is 5.57. The number of ether oxygens (including phenoxy) is 2. The highest BCUT2D eigenvalue weighted by molar-refractivity contribution is 5.79. The van der Waals surface area contributed by atoms with E-state index in [-0.39, 0.29) is 6.10 Å². The van der Waals surface area contributed by atoms with Crippen LogP contribution in [-0.2, 0) is 9.47 Å². The van der Waals surface area contributed by atoms with Crippen LogP contribution in [0.15, 0.2) is 4.99 Å². The summed E-state index contributed by atoms with van der Waals surface area (Å²) in [5, 5.41) is 6.60. The van der Waals surface area contributed by atoms with Gasteiger partial charge in [-0.05, 0) is 12.3 Å². The van der Waals surface area contributed by atoms with Crippen LogP contribution in [0.4, 0.5) is 0 Å². The van der Waals surface area contributed by atoms with Crippen molar-refractivity contribution < 1.29 is 9.47 Å². The van der Waals surface area contributed by atoms with Gasteiger partial charge in [0, 0.05) is 20.1 Å². The van der Waals surface area contributed by atoms with Gasteiger partial charge < -0.3 is 20.1 Å². The van der Waals surface area contributed by atoms with Crippen molar-refractivity contribution in [3.63, 3.8) is 0 Å². The van der Waals surface area contributed by atoms with Crippen LogP contribution in [0.5, 0.6) is 0 Å². The first-order valence-corrected chi connectivity index (χ1v) is 7.36. The minimum Gasteiger partial charge on any atom is -0.376 e. The fourth-order valence-corrected chi connectivity index (χ4v) is 1.97. The predicted molar refractivity (Wildman–Crippen MR) is 78.6 cm³/mol. The topological polar surface area (TPSA) is 54.9 Å². The van der Waals surface area contributed by atoms with Gasteiger partial charge in [0.1, 0.15) is 0 Å². The van der Waals surface area contributed by atoms with Gasteiger partial charge in [0.25, 0.3) is 0 Å². The van der Waals surface area contributed by atoms with Crippen molar-refractivity contribution >= 4 is 5.96 Å². The third-order valence-electron chi connectivity index (χ3n) is 3.11. The zero-order valence-electron chi connectivity index (χ0n) is 12.6. The Bertz CT molecular complexity index is 251. The summed E-state index contributed by atoms with van der Waals surface area (Å²) in [5.74, 6) is 1.64. The molecular formula is C14H29N3O2. The van der Waals surface area contributed by atoms with Gasteiger partial charge >= 0.3 is 0 Å². The number of hydrogen-bond acceptors (Lipinski definition) is 3. The maximum Gasteiger partial charge on any atom is 0.191 e. The quantitative estimate of drug-likeness (QED) is 0.417. The largest absolute Gasteiger partial charge is 0.376 e. The second kappa shape index (κ2) is 10.0. The third-order valence-corrected chi connectivity index (χ3v) is 3.11. The Labute approximate surface area is 117 Å². The molecule has 0 radical (unpaired) electrons. The molecule has 0 amide bonds. The van der Waals surface area contributed by atoms with Crippen LogP contribution in [0.1, 0.15) is 33.1 Å². The molecule has 1 saturated heterocycles. The van der Waals surface area contributed by atoms with Crippen LogP contribution < -0.4 is 10.6 Å². The number of rotatable bonds is 7. The highest BCUT2D eigenvalue weighted by Gasteiger charge is 2.14. The van der Waals surface area contributed by atoms with Crippen LogP contribution >= 0.6 is 0 Å². The Hall–Kier alpha value is -0.810. The average molecular weight is 271 g/mol. The fraction of sp³-hybridized carbons (Fsp3) is 0.929. The summed E-state index contributed by atoms with van der Waals surface area (Å²) < 4.78 is 10.9. The molecule has 0 spiro atoms. The summed E-state index contributed by atoms with van der Waals surface area (Å²) in [7, 11) is 1.79. The lowest BCUT2D eigenvalue weighted by molar-refractivity contribution is -0.0850. The van der Waals surface area contributed by atoms with Gasteiger partial charge in [-0.2, -0.15) is 0 Å². The molecule has 1 aliphatic heterocycles. The second-order valence-corrected chi connectivity index (χ2v) is 5.34. The molecule has 0 aromatic heterocycles. The van der Waals surface area contributed by atoms with Gasteiger partial charge in [-0.25, -0.2) is 0 Å². The summed E-state index contributed by atoms with van der Waals surface area (Å²) in [6, 6.07) is 0. The fourth-order valence-electron chi connectivity index (χ4n) is 1.97. The SMILES string of the molecule is CN=C(NCCCCC(C)C)NC[C@@H]1COCCO1. The van der Waals surface area contributed by atoms with Gasteiger partial charge in [-0.3, -0.25) is 4.99 Å². The molecule has 1 fully saturated rings. The Morgan fingerprint density at radius 2 is 2.11 bits per heavy atom. The van der Waals surface area contributed by atoms with E-state index < -0.39 is 0 Å². The van der Waals surface area contributed by atoms with E-state index >= 15 is 0 Å². The minimum absolute atomic E-state index is 0.133. The summed E-state index contributed by atoms with van der Waals surface area (Å²) >= 11 is 0. The van der Waals surface area contributed by atoms with Crippen LogP contribution in [0, 0.1) is 5.92 Å². The van der Waals surface area contributed by atoms with Gasteiger partial charge in [0.15, 0.2) is 5.96 Å². The molecule has 1 atom stereocenters. The highest BCUT2D eigenvalue weighted by atomic mass is 16.6. The normalized spacial score (nSPS) is 20.6. The lowest BCUT2D eigenvalue weighted by Crippen LogP contribution is -2.44. The van der Waals surface area contributed by atoms with E-state index in [1.54, 1.807) is 7.05 Å². The Morgan fingerprint density at radius 3 is 2.74 bits per heavy atom. The van der Waals surface area contributed by atoms with E-state index in [4.69, 9.17) is 9.47 Å². The van der Waals surface area contributed by atoms with Crippen molar-refractivity contribution in [1.82, 2.24) is 10.6 Å². The number of guanidine groups is 1. The van der Waals surface area contributed by atoms with Crippen molar-refractivity contribution in [2.24, 2.45) is 10.9 Å². The number of nitrogens with zero attached hydrogens (tertiary/aromatic N) is 1. The number of hydrogen-bond donors (Lipinski definition) is 2. The highest BCUT2D eigenvalue weighted by Crippen LogP contribution is 2.05. The first-order valence-electron chi connectivity index (χ1n) is 7.36. The Balaban J connectivity index is 2.05. The first kappa shape index (κ1) is 16.2. The van der Waals surface area contributed by atoms with Crippen LogP contribution in [0.25, 0.3) is 0 Å². The van der Waals surface area contributed by atoms with Crippen LogP contribution in [0.3, 0.4) is 0 Å². The van der Waals surface area contributed by atoms with Gasteiger partial charge in [0.05, 0.1) is 25.9 Å². The maximum absolute atomic E-state index is 5.57. The first-order chi connectivity index (χ1) is 9.22. The summed E-state index contributed by atoms with van der Waals surface area (Å²) in [6.45, 7) is 8.30. The predicted octanol–water partition coefficient (Wildman–Crippen LogP) is 1.39. The molecular weight excluding hydrogens is 242 g/mol. The molecule has 0 aliphatic carbocycles. The molecule has 1 aliphatic rings. The number of aliphatic imine (C=N–C) groups is 1. The van der Waals surface area contributed by atoms with Gasteiger partial charge in [-0.15, -0.1) is 0 Å². The van der Waals surface area contributed by atoms with Crippen molar-refractivity contribution in [2.45, 2.75) is 39.2 Å². The molecule has 0 bridgehead atoms. The lowest BCUT2D eigenvalue weighted by Gasteiger charge is -2.24. The molecule has 112 valence electrons. The van der Waals surface area contributed by atoms with Crippen LogP contribution in [-0.4, -0.2) is 52.0 Å². The molecule has 0 aromatic carbocycles. The minimum atomic E-state index is 0.133. The van der Waals surface area contributed by atoms with E-state index in [1.165, 1.54) is 19.3 Å². The van der Waals surface area contributed by atoms with Crippen molar-refractivity contribution in [3.8, 4) is 0 Å². The van der Waals surface area contributed by atoms with E-state index in [0.717, 1.165) is 25.0 Å². The van der Waals surface area contributed by atoms with E-state index in [0.29, 0.717) is 19.8 Å². The molecule has 5 heteroatoms. The van der Waals surface area contributed by atoms with Gasteiger partial charge in [-0.1, -0.05) is 26.7 Å². The zero-order chi connectivity index (χ0) is 13.9. The monoisotopic (exact) mass is 271 g/mol. The standard InChI is InChI=1S/C14H29N3O2/c1-12(2)6-4-5-7-16-14(15-3)17-10-13-11-18-8-9-19-13/h12-13H,4-11H2,1-3H3,(H2,15,16,17)/t13-/m1/s1. The number of nitrogens with one attached hydrogen (secondary N) is 2. The summed E-state index contributed by atoms with van der Waals surface area (Å²) in [6.07, 6.45) is 3.87. The molecule has 19 heavy (non-hydrogen) atoms. The third kappa shape index (κ3) is 8.06. The molecule has 1 heterocycles. The Kier molecular flexibility index (Phi) is 8.58. The smallest absolute Gasteiger partial charge is 0.191 e. The summed E-state index contributed by atoms with van der Waals surface area (Å²) in [5.41, 5.74) is 0. The number of unbranched alkanes of at least 4 members (excludes halogenated alkanes) is 1. The average Bonchev–Trinajstić information content (AvgIpc) is 2.42. The van der Waals surface area contributed by atoms with Crippen molar-refractivity contribution in [1.29, 1.82) is 0 Å². The molecule has 0 unspecified atom stereocenters. The van der Waals surface area contributed by atoms with Gasteiger partial charge in [0.2, 0.25) is 0 Å². The van der Waals surface area contributed by atoms with Crippen molar-refractivity contribution in [3.05, 3.63) is 0 Å². The second-order valence-electron chi connectivity index (χ2n) is 5.34. The molecule has 5 nitrogen and oxygen atoms in total. The molecule has 1 rings (SSSR count).